The Morgan fingerprint density at radius 3 is 2.38 bits per heavy atom. The number of nitrogens with two attached hydrogens (primary N) is 1. The number of fused-ring (bicyclic) bond motifs is 1. The second kappa shape index (κ2) is 9.55. The van der Waals surface area contributed by atoms with Crippen molar-refractivity contribution in [3.63, 3.8) is 0 Å². The van der Waals surface area contributed by atoms with Gasteiger partial charge in [-0.25, -0.2) is 4.99 Å². The van der Waals surface area contributed by atoms with Crippen LogP contribution in [-0.2, 0) is 17.9 Å². The van der Waals surface area contributed by atoms with E-state index < -0.39 is 4.92 Å². The topological polar surface area (TPSA) is 147 Å². The van der Waals surface area contributed by atoms with Gasteiger partial charge in [0.05, 0.1) is 21.9 Å². The van der Waals surface area contributed by atoms with Crippen molar-refractivity contribution in [3.05, 3.63) is 99.1 Å². The average Bonchev–Trinajstić information content (AvgIpc) is 3.16. The number of non-ortho nitro benzene ring substituents is 1. The van der Waals surface area contributed by atoms with Crippen LogP contribution in [0.3, 0.4) is 0 Å². The summed E-state index contributed by atoms with van der Waals surface area (Å²) in [7, 11) is 0. The number of amides is 1. The molecule has 0 saturated heterocycles. The normalized spacial score (nSPS) is 11.5. The Morgan fingerprint density at radius 2 is 1.76 bits per heavy atom. The van der Waals surface area contributed by atoms with Gasteiger partial charge in [-0.1, -0.05) is 36.4 Å². The van der Waals surface area contributed by atoms with Crippen LogP contribution < -0.4 is 11.1 Å². The van der Waals surface area contributed by atoms with Gasteiger partial charge in [0.2, 0.25) is 5.91 Å². The number of nitro benzene ring substituents is 1. The predicted octanol–water partition coefficient (Wildman–Crippen LogP) is 4.05. The fourth-order valence-electron chi connectivity index (χ4n) is 3.63. The molecule has 9 heteroatoms. The zero-order valence-electron chi connectivity index (χ0n) is 18.4. The number of aromatic amines is 1. The molecule has 4 aromatic rings. The SMILES string of the molecule is CC(=O)NCc1ccc(C(=Nc2ccc(CN)cc2)c2c(O)[nH]c3ccc([N+](=O)[O-])cc23)cc1. The van der Waals surface area contributed by atoms with Crippen molar-refractivity contribution in [3.8, 4) is 5.88 Å². The molecular weight excluding hydrogens is 434 g/mol. The number of aliphatic imine (C=N–C) groups is 1. The number of rotatable bonds is 7. The van der Waals surface area contributed by atoms with Gasteiger partial charge in [0.15, 0.2) is 5.88 Å². The van der Waals surface area contributed by atoms with E-state index in [0.717, 1.165) is 11.1 Å². The van der Waals surface area contributed by atoms with E-state index in [2.05, 4.69) is 10.3 Å². The van der Waals surface area contributed by atoms with Gasteiger partial charge in [0.25, 0.3) is 5.69 Å². The van der Waals surface area contributed by atoms with E-state index in [4.69, 9.17) is 10.7 Å². The lowest BCUT2D eigenvalue weighted by Gasteiger charge is -2.10. The fraction of sp³-hybridized carbons (Fsp3) is 0.120. The van der Waals surface area contributed by atoms with Gasteiger partial charge in [-0.15, -0.1) is 0 Å². The van der Waals surface area contributed by atoms with Gasteiger partial charge in [-0.05, 0) is 29.3 Å². The van der Waals surface area contributed by atoms with E-state index in [-0.39, 0.29) is 17.5 Å². The van der Waals surface area contributed by atoms with Crippen LogP contribution in [-0.4, -0.2) is 26.6 Å². The molecule has 9 nitrogen and oxygen atoms in total. The van der Waals surface area contributed by atoms with Gasteiger partial charge >= 0.3 is 0 Å². The molecule has 0 atom stereocenters. The summed E-state index contributed by atoms with van der Waals surface area (Å²) in [6.07, 6.45) is 0. The molecular formula is C25H23N5O4. The maximum Gasteiger partial charge on any atom is 0.270 e. The number of aromatic hydroxyl groups is 1. The number of hydrogen-bond donors (Lipinski definition) is 4. The highest BCUT2D eigenvalue weighted by molar-refractivity contribution is 6.22. The molecule has 34 heavy (non-hydrogen) atoms. The third-order valence-electron chi connectivity index (χ3n) is 5.39. The highest BCUT2D eigenvalue weighted by atomic mass is 16.6. The molecule has 0 unspecified atom stereocenters. The summed E-state index contributed by atoms with van der Waals surface area (Å²) in [6.45, 7) is 2.24. The third-order valence-corrected chi connectivity index (χ3v) is 5.39. The minimum Gasteiger partial charge on any atom is -0.494 e. The molecule has 172 valence electrons. The van der Waals surface area contributed by atoms with Crippen LogP contribution in [0, 0.1) is 10.1 Å². The molecule has 1 heterocycles. The molecule has 0 fully saturated rings. The summed E-state index contributed by atoms with van der Waals surface area (Å²) >= 11 is 0. The number of carbonyl (C=O) groups excluding carboxylic acids is 1. The Bertz CT molecular complexity index is 1390. The molecule has 1 amide bonds. The average molecular weight is 457 g/mol. The quantitative estimate of drug-likeness (QED) is 0.188. The number of H-pyrrole nitrogens is 1. The predicted molar refractivity (Wildman–Crippen MR) is 130 cm³/mol. The standard InChI is InChI=1S/C25H23N5O4/c1-15(31)27-14-17-2-6-18(7-3-17)24(28-19-8-4-16(13-26)5-9-19)23-21-12-20(30(33)34)10-11-22(21)29-25(23)32/h2-12,29,32H,13-14,26H2,1H3,(H,27,31). The molecule has 0 aliphatic rings. The first kappa shape index (κ1) is 22.7. The zero-order chi connectivity index (χ0) is 24.2. The van der Waals surface area contributed by atoms with Crippen molar-refractivity contribution in [2.45, 2.75) is 20.0 Å². The Kier molecular flexibility index (Phi) is 6.37. The Labute approximate surface area is 195 Å². The third kappa shape index (κ3) is 4.79. The van der Waals surface area contributed by atoms with Crippen LogP contribution in [0.4, 0.5) is 11.4 Å². The molecule has 4 rings (SSSR count). The monoisotopic (exact) mass is 457 g/mol. The van der Waals surface area contributed by atoms with E-state index in [1.165, 1.54) is 19.1 Å². The van der Waals surface area contributed by atoms with Crippen molar-refractivity contribution < 1.29 is 14.8 Å². The Balaban J connectivity index is 1.87. The lowest BCUT2D eigenvalue weighted by molar-refractivity contribution is -0.384. The maximum atomic E-state index is 11.4. The van der Waals surface area contributed by atoms with Crippen LogP contribution in [0.2, 0.25) is 0 Å². The van der Waals surface area contributed by atoms with Gasteiger partial charge in [0, 0.05) is 48.6 Å². The second-order valence-electron chi connectivity index (χ2n) is 7.77. The first-order chi connectivity index (χ1) is 16.4. The van der Waals surface area contributed by atoms with Crippen molar-refractivity contribution in [1.82, 2.24) is 10.3 Å². The molecule has 1 aromatic heterocycles. The van der Waals surface area contributed by atoms with Crippen molar-refractivity contribution in [2.75, 3.05) is 0 Å². The van der Waals surface area contributed by atoms with Gasteiger partial charge in [0.1, 0.15) is 0 Å². The lowest BCUT2D eigenvalue weighted by atomic mass is 9.99. The molecule has 0 aliphatic heterocycles. The summed E-state index contributed by atoms with van der Waals surface area (Å²) in [5, 5.41) is 25.4. The maximum absolute atomic E-state index is 11.4. The Morgan fingerprint density at radius 1 is 1.09 bits per heavy atom. The number of nitro groups is 1. The number of nitrogens with one attached hydrogen (secondary N) is 2. The molecule has 0 radical (unpaired) electrons. The highest BCUT2D eigenvalue weighted by Gasteiger charge is 2.21. The fourth-order valence-corrected chi connectivity index (χ4v) is 3.63. The van der Waals surface area contributed by atoms with Crippen LogP contribution in [0.1, 0.15) is 29.2 Å². The molecule has 0 spiro atoms. The van der Waals surface area contributed by atoms with Gasteiger partial charge < -0.3 is 21.1 Å². The Hall–Kier alpha value is -4.50. The highest BCUT2D eigenvalue weighted by Crippen LogP contribution is 2.33. The van der Waals surface area contributed by atoms with E-state index in [9.17, 15) is 20.0 Å². The van der Waals surface area contributed by atoms with Gasteiger partial charge in [-0.2, -0.15) is 0 Å². The van der Waals surface area contributed by atoms with Crippen molar-refractivity contribution >= 4 is 33.9 Å². The lowest BCUT2D eigenvalue weighted by Crippen LogP contribution is -2.18. The smallest absolute Gasteiger partial charge is 0.270 e. The first-order valence-corrected chi connectivity index (χ1v) is 10.6. The van der Waals surface area contributed by atoms with Crippen LogP contribution in [0.15, 0.2) is 71.7 Å². The number of aromatic nitrogens is 1. The molecule has 5 N–H and O–H groups in total. The summed E-state index contributed by atoms with van der Waals surface area (Å²) < 4.78 is 0. The largest absolute Gasteiger partial charge is 0.494 e. The summed E-state index contributed by atoms with van der Waals surface area (Å²) in [5.74, 6) is -0.271. The molecule has 0 aliphatic carbocycles. The summed E-state index contributed by atoms with van der Waals surface area (Å²) in [6, 6.07) is 19.1. The minimum atomic E-state index is -0.480. The van der Waals surface area contributed by atoms with E-state index in [0.29, 0.717) is 46.5 Å². The van der Waals surface area contributed by atoms with Crippen LogP contribution in [0.25, 0.3) is 10.9 Å². The molecule has 3 aromatic carbocycles. The minimum absolute atomic E-state index is 0.0925. The van der Waals surface area contributed by atoms with Crippen LogP contribution >= 0.6 is 0 Å². The summed E-state index contributed by atoms with van der Waals surface area (Å²) in [5.41, 5.74) is 10.1. The van der Waals surface area contributed by atoms with Crippen LogP contribution in [0.5, 0.6) is 5.88 Å². The number of benzene rings is 3. The number of carbonyl (C=O) groups is 1. The van der Waals surface area contributed by atoms with Crippen molar-refractivity contribution in [1.29, 1.82) is 0 Å². The zero-order valence-corrected chi connectivity index (χ0v) is 18.4. The van der Waals surface area contributed by atoms with Crippen molar-refractivity contribution in [2.24, 2.45) is 10.7 Å². The number of nitrogens with zero attached hydrogens (tertiary/aromatic N) is 2. The number of hydrogen-bond acceptors (Lipinski definition) is 6. The first-order valence-electron chi connectivity index (χ1n) is 10.6. The van der Waals surface area contributed by atoms with E-state index >= 15 is 0 Å². The molecule has 0 bridgehead atoms. The van der Waals surface area contributed by atoms with E-state index in [1.54, 1.807) is 6.07 Å². The molecule has 0 saturated carbocycles. The van der Waals surface area contributed by atoms with Gasteiger partial charge in [-0.3, -0.25) is 14.9 Å². The second-order valence-corrected chi connectivity index (χ2v) is 7.77. The summed E-state index contributed by atoms with van der Waals surface area (Å²) in [4.78, 5) is 29.8. The van der Waals surface area contributed by atoms with E-state index in [1.807, 2.05) is 48.5 Å².